The van der Waals surface area contributed by atoms with Crippen molar-refractivity contribution in [3.8, 4) is 6.07 Å². The molecule has 2 fully saturated rings. The number of anilines is 1. The molecule has 2 heterocycles. The van der Waals surface area contributed by atoms with Crippen LogP contribution in [0.25, 0.3) is 0 Å². The number of halogens is 4. The summed E-state index contributed by atoms with van der Waals surface area (Å²) in [5.41, 5.74) is -1.90. The smallest absolute Gasteiger partial charge is 0.282 e. The van der Waals surface area contributed by atoms with Crippen molar-refractivity contribution in [2.24, 2.45) is 11.3 Å². The van der Waals surface area contributed by atoms with Crippen LogP contribution < -0.4 is 4.90 Å². The van der Waals surface area contributed by atoms with Crippen molar-refractivity contribution in [3.63, 3.8) is 0 Å². The number of piperidine rings is 1. The van der Waals surface area contributed by atoms with Crippen LogP contribution in [-0.2, 0) is 0 Å². The Morgan fingerprint density at radius 2 is 1.86 bits per heavy atom. The molecular formula is C14H14F4N4. The fraction of sp³-hybridized carbons (Fsp3) is 0.643. The van der Waals surface area contributed by atoms with E-state index in [2.05, 4.69) is 16.0 Å². The summed E-state index contributed by atoms with van der Waals surface area (Å²) in [5, 5.41) is 9.26. The lowest BCUT2D eigenvalue weighted by Gasteiger charge is -2.36. The van der Waals surface area contributed by atoms with E-state index in [1.54, 1.807) is 4.90 Å². The highest BCUT2D eigenvalue weighted by Gasteiger charge is 2.52. The Morgan fingerprint density at radius 1 is 1.18 bits per heavy atom. The first-order chi connectivity index (χ1) is 10.5. The molecule has 1 aliphatic heterocycles. The van der Waals surface area contributed by atoms with Crippen LogP contribution >= 0.6 is 0 Å². The molecule has 1 unspecified atom stereocenters. The molecule has 1 aromatic rings. The first kappa shape index (κ1) is 15.0. The van der Waals surface area contributed by atoms with Gasteiger partial charge in [0.25, 0.3) is 12.9 Å². The van der Waals surface area contributed by atoms with E-state index >= 15 is 0 Å². The molecular weight excluding hydrogens is 300 g/mol. The topological polar surface area (TPSA) is 52.8 Å². The van der Waals surface area contributed by atoms with Crippen molar-refractivity contribution in [3.05, 3.63) is 17.6 Å². The van der Waals surface area contributed by atoms with Crippen LogP contribution in [0, 0.1) is 22.7 Å². The minimum Gasteiger partial charge on any atom is -0.354 e. The zero-order chi connectivity index (χ0) is 15.9. The van der Waals surface area contributed by atoms with Crippen LogP contribution in [0.5, 0.6) is 0 Å². The first-order valence-electron chi connectivity index (χ1n) is 7.04. The summed E-state index contributed by atoms with van der Waals surface area (Å²) in [5.74, 6) is -0.0525. The molecule has 1 spiro atoms. The first-order valence-corrected chi connectivity index (χ1v) is 7.04. The van der Waals surface area contributed by atoms with Gasteiger partial charge in [-0.3, -0.25) is 0 Å². The molecule has 1 saturated carbocycles. The summed E-state index contributed by atoms with van der Waals surface area (Å²) in [6, 6.07) is 2.27. The second-order valence-corrected chi connectivity index (χ2v) is 5.84. The van der Waals surface area contributed by atoms with E-state index in [1.165, 1.54) is 0 Å². The van der Waals surface area contributed by atoms with Gasteiger partial charge in [0.15, 0.2) is 0 Å². The van der Waals surface area contributed by atoms with Gasteiger partial charge >= 0.3 is 0 Å². The van der Waals surface area contributed by atoms with Gasteiger partial charge in [-0.2, -0.15) is 5.26 Å². The van der Waals surface area contributed by atoms with E-state index < -0.39 is 24.2 Å². The molecule has 2 aliphatic rings. The quantitative estimate of drug-likeness (QED) is 0.802. The Hall–Kier alpha value is -1.91. The molecule has 1 atom stereocenters. The van der Waals surface area contributed by atoms with E-state index in [0.29, 0.717) is 13.1 Å². The normalized spacial score (nSPS) is 23.1. The monoisotopic (exact) mass is 314 g/mol. The number of nitriles is 1. The highest BCUT2D eigenvalue weighted by molar-refractivity contribution is 5.40. The van der Waals surface area contributed by atoms with Gasteiger partial charge < -0.3 is 4.90 Å². The fourth-order valence-electron chi connectivity index (χ4n) is 3.07. The largest absolute Gasteiger partial charge is 0.354 e. The number of hydrogen-bond acceptors (Lipinski definition) is 4. The van der Waals surface area contributed by atoms with E-state index in [1.807, 2.05) is 0 Å². The summed E-state index contributed by atoms with van der Waals surface area (Å²) in [6.45, 7) is 0.950. The van der Waals surface area contributed by atoms with Gasteiger partial charge in [0.1, 0.15) is 17.2 Å². The molecule has 1 aromatic heterocycles. The van der Waals surface area contributed by atoms with Gasteiger partial charge in [0.05, 0.1) is 18.2 Å². The Kier molecular flexibility index (Phi) is 3.67. The number of aromatic nitrogens is 2. The summed E-state index contributed by atoms with van der Waals surface area (Å²) < 4.78 is 51.2. The maximum atomic E-state index is 12.9. The van der Waals surface area contributed by atoms with Crippen LogP contribution in [0.3, 0.4) is 0 Å². The third kappa shape index (κ3) is 2.49. The number of alkyl halides is 4. The molecule has 0 bridgehead atoms. The maximum absolute atomic E-state index is 12.9. The number of hydrogen-bond donors (Lipinski definition) is 0. The van der Waals surface area contributed by atoms with Crippen molar-refractivity contribution in [2.75, 3.05) is 18.0 Å². The molecule has 0 aromatic carbocycles. The molecule has 22 heavy (non-hydrogen) atoms. The van der Waals surface area contributed by atoms with Gasteiger partial charge in [-0.15, -0.1) is 0 Å². The van der Waals surface area contributed by atoms with E-state index in [-0.39, 0.29) is 17.2 Å². The predicted octanol–water partition coefficient (Wildman–Crippen LogP) is 3.48. The second kappa shape index (κ2) is 5.38. The zero-order valence-corrected chi connectivity index (χ0v) is 11.6. The average Bonchev–Trinajstić information content (AvgIpc) is 3.27. The molecule has 1 saturated heterocycles. The van der Waals surface area contributed by atoms with E-state index in [9.17, 15) is 22.8 Å². The summed E-state index contributed by atoms with van der Waals surface area (Å²) in [7, 11) is 0. The Morgan fingerprint density at radius 3 is 2.41 bits per heavy atom. The molecule has 0 radical (unpaired) electrons. The Balaban J connectivity index is 1.86. The lowest BCUT2D eigenvalue weighted by molar-refractivity contribution is 0.116. The highest BCUT2D eigenvalue weighted by Crippen LogP contribution is 2.56. The fourth-order valence-corrected chi connectivity index (χ4v) is 3.07. The van der Waals surface area contributed by atoms with Gasteiger partial charge in [0.2, 0.25) is 0 Å². The highest BCUT2D eigenvalue weighted by atomic mass is 19.3. The molecule has 0 N–H and O–H groups in total. The molecule has 118 valence electrons. The number of nitrogens with zero attached hydrogens (tertiary/aromatic N) is 4. The van der Waals surface area contributed by atoms with Crippen molar-refractivity contribution in [2.45, 2.75) is 32.1 Å². The zero-order valence-electron chi connectivity index (χ0n) is 11.6. The van der Waals surface area contributed by atoms with Crippen LogP contribution in [0.1, 0.15) is 43.5 Å². The average molecular weight is 314 g/mol. The summed E-state index contributed by atoms with van der Waals surface area (Å²) in [4.78, 5) is 8.82. The van der Waals surface area contributed by atoms with Crippen molar-refractivity contribution < 1.29 is 17.6 Å². The standard InChI is InChI=1S/C14H14F4N4/c15-12(16)10-11(13(17)18)21-9(6-20-10)22-4-3-14(1-2-14)8(5-19)7-22/h6,8,12-13H,1-4,7H2. The second-order valence-electron chi connectivity index (χ2n) is 5.84. The van der Waals surface area contributed by atoms with E-state index in [0.717, 1.165) is 25.5 Å². The van der Waals surface area contributed by atoms with Crippen molar-refractivity contribution >= 4 is 5.82 Å². The predicted molar refractivity (Wildman–Crippen MR) is 69.5 cm³/mol. The third-order valence-electron chi connectivity index (χ3n) is 4.62. The van der Waals surface area contributed by atoms with Crippen molar-refractivity contribution in [1.82, 2.24) is 9.97 Å². The van der Waals surface area contributed by atoms with Gasteiger partial charge in [-0.1, -0.05) is 0 Å². The maximum Gasteiger partial charge on any atom is 0.282 e. The van der Waals surface area contributed by atoms with Crippen LogP contribution in [0.4, 0.5) is 23.4 Å². The minimum absolute atomic E-state index is 0.0626. The SMILES string of the molecule is N#CC1CN(c2cnc(C(F)F)c(C(F)F)n2)CCC12CC2. The Labute approximate surface area is 124 Å². The minimum atomic E-state index is -3.11. The molecule has 4 nitrogen and oxygen atoms in total. The van der Waals surface area contributed by atoms with Crippen LogP contribution in [0.2, 0.25) is 0 Å². The van der Waals surface area contributed by atoms with Gasteiger partial charge in [-0.25, -0.2) is 27.5 Å². The third-order valence-corrected chi connectivity index (χ3v) is 4.62. The lowest BCUT2D eigenvalue weighted by Crippen LogP contribution is -2.41. The molecule has 3 rings (SSSR count). The van der Waals surface area contributed by atoms with Gasteiger partial charge in [0, 0.05) is 13.1 Å². The van der Waals surface area contributed by atoms with Crippen LogP contribution in [0.15, 0.2) is 6.20 Å². The Bertz CT molecular complexity index is 609. The van der Waals surface area contributed by atoms with Crippen LogP contribution in [-0.4, -0.2) is 23.1 Å². The van der Waals surface area contributed by atoms with E-state index in [4.69, 9.17) is 0 Å². The summed E-state index contributed by atoms with van der Waals surface area (Å²) >= 11 is 0. The molecule has 0 amide bonds. The van der Waals surface area contributed by atoms with Crippen molar-refractivity contribution in [1.29, 1.82) is 5.26 Å². The van der Waals surface area contributed by atoms with Gasteiger partial charge in [-0.05, 0) is 24.7 Å². The molecule has 1 aliphatic carbocycles. The summed E-state index contributed by atoms with van der Waals surface area (Å²) in [6.07, 6.45) is -2.30. The lowest BCUT2D eigenvalue weighted by atomic mass is 9.83. The number of rotatable bonds is 3. The molecule has 8 heteroatoms.